The van der Waals surface area contributed by atoms with Crippen molar-refractivity contribution >= 4 is 35.0 Å². The van der Waals surface area contributed by atoms with E-state index in [1.54, 1.807) is 0 Å². The molecule has 6 rings (SSSR count). The number of aliphatic hydroxyl groups excluding tert-OH is 1. The average molecular weight is 630 g/mol. The van der Waals surface area contributed by atoms with E-state index in [9.17, 15) is 9.90 Å². The van der Waals surface area contributed by atoms with Crippen LogP contribution in [0.4, 0.5) is 16.2 Å². The van der Waals surface area contributed by atoms with Crippen LogP contribution in [0.5, 0.6) is 5.75 Å². The van der Waals surface area contributed by atoms with Crippen LogP contribution in [-0.2, 0) is 11.0 Å². The van der Waals surface area contributed by atoms with Gasteiger partial charge in [0.2, 0.25) is 0 Å². The number of rotatable bonds is 8. The molecule has 4 N–H and O–H groups in total. The lowest BCUT2D eigenvalue weighted by atomic mass is 9.85. The lowest BCUT2D eigenvalue weighted by molar-refractivity contribution is 0.0735. The van der Waals surface area contributed by atoms with Gasteiger partial charge in [-0.15, -0.1) is 10.2 Å². The van der Waals surface area contributed by atoms with Crippen molar-refractivity contribution in [1.29, 1.82) is 0 Å². The number of nitrogens with zero attached hydrogens (tertiary/aromatic N) is 4. The number of carbonyl (C=O) groups is 1. The first-order valence-electron chi connectivity index (χ1n) is 15.6. The maximum atomic E-state index is 13.3. The van der Waals surface area contributed by atoms with Crippen LogP contribution in [0.1, 0.15) is 81.1 Å². The van der Waals surface area contributed by atoms with Crippen molar-refractivity contribution < 1.29 is 14.6 Å². The van der Waals surface area contributed by atoms with Gasteiger partial charge in [-0.1, -0.05) is 57.0 Å². The van der Waals surface area contributed by atoms with E-state index in [0.717, 1.165) is 66.1 Å². The molecule has 3 atom stereocenters. The number of likely N-dealkylation sites (N-methyl/N-ethyl adjacent to an activating group) is 1. The highest BCUT2D eigenvalue weighted by Crippen LogP contribution is 2.40. The van der Waals surface area contributed by atoms with Crippen LogP contribution in [0.25, 0.3) is 5.65 Å². The summed E-state index contributed by atoms with van der Waals surface area (Å²) in [5, 5.41) is 25.6. The summed E-state index contributed by atoms with van der Waals surface area (Å²) in [6, 6.07) is 17.7. The molecule has 2 aliphatic rings. The Kier molecular flexibility index (Phi) is 8.69. The highest BCUT2D eigenvalue weighted by atomic mass is 32.2. The molecule has 1 fully saturated rings. The molecule has 1 aliphatic carbocycles. The number of ether oxygens (including phenoxy) is 1. The predicted octanol–water partition coefficient (Wildman–Crippen LogP) is 6.41. The first-order chi connectivity index (χ1) is 21.6. The van der Waals surface area contributed by atoms with Crippen LogP contribution in [-0.4, -0.2) is 57.1 Å². The number of pyridine rings is 1. The van der Waals surface area contributed by atoms with E-state index < -0.39 is 5.54 Å². The minimum atomic E-state index is -0.559. The second-order valence-electron chi connectivity index (χ2n) is 13.2. The van der Waals surface area contributed by atoms with Crippen molar-refractivity contribution in [3.05, 3.63) is 83.3 Å². The van der Waals surface area contributed by atoms with Crippen molar-refractivity contribution in [2.75, 3.05) is 36.5 Å². The van der Waals surface area contributed by atoms with Crippen LogP contribution >= 0.6 is 11.9 Å². The van der Waals surface area contributed by atoms with Crippen molar-refractivity contribution in [3.63, 3.8) is 0 Å². The summed E-state index contributed by atoms with van der Waals surface area (Å²) in [6.45, 7) is 7.36. The highest BCUT2D eigenvalue weighted by Gasteiger charge is 2.44. The van der Waals surface area contributed by atoms with Gasteiger partial charge < -0.3 is 25.2 Å². The Balaban J connectivity index is 1.20. The van der Waals surface area contributed by atoms with Gasteiger partial charge in [-0.25, -0.2) is 4.79 Å². The SMILES string of the molecule is CSNc1cc(NC(=O)NC2CCC(Oc3ccc4nnc([C@]5(CO)CCCN5C)n4c3)c3ccccc32)cc(C(C)(C)C)c1. The number of benzene rings is 2. The molecule has 10 nitrogen and oxygen atoms in total. The van der Waals surface area contributed by atoms with Crippen LogP contribution in [0.3, 0.4) is 0 Å². The molecule has 238 valence electrons. The molecular weight excluding hydrogens is 586 g/mol. The molecule has 0 bridgehead atoms. The summed E-state index contributed by atoms with van der Waals surface area (Å²) in [5.74, 6) is 1.43. The van der Waals surface area contributed by atoms with Crippen molar-refractivity contribution in [2.45, 2.75) is 69.6 Å². The first-order valence-corrected chi connectivity index (χ1v) is 16.8. The quantitative estimate of drug-likeness (QED) is 0.165. The molecule has 3 heterocycles. The Morgan fingerprint density at radius 3 is 2.58 bits per heavy atom. The van der Waals surface area contributed by atoms with Gasteiger partial charge in [0.1, 0.15) is 17.4 Å². The lowest BCUT2D eigenvalue weighted by Crippen LogP contribution is -2.43. The number of likely N-dealkylation sites (tertiary alicyclic amines) is 1. The third-order valence-corrected chi connectivity index (χ3v) is 9.60. The number of urea groups is 1. The Morgan fingerprint density at radius 2 is 1.87 bits per heavy atom. The van der Waals surface area contributed by atoms with E-state index in [-0.39, 0.29) is 30.2 Å². The van der Waals surface area contributed by atoms with Crippen molar-refractivity contribution in [3.8, 4) is 5.75 Å². The number of anilines is 2. The number of nitrogens with one attached hydrogen (secondary N) is 3. The number of aromatic nitrogens is 3. The standard InChI is InChI=1S/C34H43N7O3S/c1-33(2,3)22-17-23(19-24(18-22)39-45-5)35-32(43)36-28-12-13-29(27-10-7-6-9-26(27)28)44-25-11-14-30-37-38-31(41(30)20-25)34(21-42)15-8-16-40(34)4/h6-7,9-11,14,17-20,28-29,39,42H,8,12-13,15-16,21H2,1-5H3,(H2,35,36,43)/t28?,29?,34-/m1/s1. The van der Waals surface area contributed by atoms with Gasteiger partial charge in [0, 0.05) is 17.6 Å². The number of hydrogen-bond donors (Lipinski definition) is 4. The van der Waals surface area contributed by atoms with E-state index >= 15 is 0 Å². The number of fused-ring (bicyclic) bond motifs is 2. The summed E-state index contributed by atoms with van der Waals surface area (Å²) < 4.78 is 11.9. The van der Waals surface area contributed by atoms with E-state index in [2.05, 4.69) is 69.4 Å². The highest BCUT2D eigenvalue weighted by molar-refractivity contribution is 7.99. The molecule has 2 amide bonds. The zero-order valence-corrected chi connectivity index (χ0v) is 27.4. The summed E-state index contributed by atoms with van der Waals surface area (Å²) in [5.41, 5.74) is 5.04. The number of amides is 2. The number of aliphatic hydroxyl groups is 1. The normalized spacial score (nSPS) is 21.8. The predicted molar refractivity (Wildman–Crippen MR) is 180 cm³/mol. The molecule has 2 unspecified atom stereocenters. The van der Waals surface area contributed by atoms with Gasteiger partial charge in [-0.3, -0.25) is 9.30 Å². The van der Waals surface area contributed by atoms with E-state index in [1.165, 1.54) is 11.9 Å². The fourth-order valence-electron chi connectivity index (χ4n) is 6.65. The van der Waals surface area contributed by atoms with Gasteiger partial charge >= 0.3 is 6.03 Å². The number of carbonyl (C=O) groups excluding carboxylic acids is 1. The topological polar surface area (TPSA) is 116 Å². The Labute approximate surface area is 269 Å². The summed E-state index contributed by atoms with van der Waals surface area (Å²) in [7, 11) is 2.03. The second-order valence-corrected chi connectivity index (χ2v) is 13.8. The molecule has 0 saturated carbocycles. The average Bonchev–Trinajstić information content (AvgIpc) is 3.61. The summed E-state index contributed by atoms with van der Waals surface area (Å²) in [6.07, 6.45) is 7.02. The molecule has 1 saturated heterocycles. The molecule has 2 aromatic heterocycles. The minimum Gasteiger partial charge on any atom is -0.484 e. The minimum absolute atomic E-state index is 0.0226. The van der Waals surface area contributed by atoms with Gasteiger partial charge in [-0.2, -0.15) is 0 Å². The molecule has 0 radical (unpaired) electrons. The molecular formula is C34H43N7O3S. The number of hydrogen-bond acceptors (Lipinski definition) is 8. The van der Waals surface area contributed by atoms with Gasteiger partial charge in [-0.05, 0) is 91.7 Å². The smallest absolute Gasteiger partial charge is 0.319 e. The molecule has 0 spiro atoms. The molecule has 45 heavy (non-hydrogen) atoms. The zero-order chi connectivity index (χ0) is 31.8. The lowest BCUT2D eigenvalue weighted by Gasteiger charge is -2.33. The fourth-order valence-corrected chi connectivity index (χ4v) is 7.00. The third kappa shape index (κ3) is 6.21. The van der Waals surface area contributed by atoms with Crippen LogP contribution in [0, 0.1) is 0 Å². The monoisotopic (exact) mass is 629 g/mol. The van der Waals surface area contributed by atoms with E-state index in [0.29, 0.717) is 11.4 Å². The van der Waals surface area contributed by atoms with Gasteiger partial charge in [0.05, 0.1) is 18.8 Å². The maximum absolute atomic E-state index is 13.3. The largest absolute Gasteiger partial charge is 0.484 e. The van der Waals surface area contributed by atoms with Gasteiger partial charge in [0.25, 0.3) is 0 Å². The molecule has 4 aromatic rings. The Hall–Kier alpha value is -3.80. The maximum Gasteiger partial charge on any atom is 0.319 e. The molecule has 1 aliphatic heterocycles. The van der Waals surface area contributed by atoms with Gasteiger partial charge in [0.15, 0.2) is 11.5 Å². The first kappa shape index (κ1) is 31.2. The molecule has 2 aromatic carbocycles. The fraction of sp³-hybridized carbons (Fsp3) is 0.441. The van der Waals surface area contributed by atoms with Crippen molar-refractivity contribution in [1.82, 2.24) is 24.8 Å². The van der Waals surface area contributed by atoms with Crippen LogP contribution in [0.2, 0.25) is 0 Å². The summed E-state index contributed by atoms with van der Waals surface area (Å²) in [4.78, 5) is 15.5. The molecule has 11 heteroatoms. The Morgan fingerprint density at radius 1 is 1.09 bits per heavy atom. The van der Waals surface area contributed by atoms with E-state index in [1.807, 2.05) is 60.3 Å². The van der Waals surface area contributed by atoms with Crippen LogP contribution < -0.4 is 20.1 Å². The van der Waals surface area contributed by atoms with E-state index in [4.69, 9.17) is 4.74 Å². The zero-order valence-electron chi connectivity index (χ0n) is 26.6. The summed E-state index contributed by atoms with van der Waals surface area (Å²) >= 11 is 1.52. The third-order valence-electron chi connectivity index (χ3n) is 9.16. The van der Waals surface area contributed by atoms with Crippen molar-refractivity contribution in [2.24, 2.45) is 0 Å². The Bertz CT molecular complexity index is 1690. The van der Waals surface area contributed by atoms with Crippen LogP contribution in [0.15, 0.2) is 60.8 Å². The second kappa shape index (κ2) is 12.5.